The van der Waals surface area contributed by atoms with Crippen LogP contribution >= 0.6 is 11.3 Å². The van der Waals surface area contributed by atoms with Crippen LogP contribution in [0, 0.1) is 0 Å². The van der Waals surface area contributed by atoms with E-state index in [2.05, 4.69) is 17.0 Å². The number of H-pyrrole nitrogens is 1. The average Bonchev–Trinajstić information content (AvgIpc) is 3.16. The molecule has 3 aromatic rings. The molecular weight excluding hydrogens is 310 g/mol. The molecule has 2 aromatic heterocycles. The van der Waals surface area contributed by atoms with Gasteiger partial charge in [0.25, 0.3) is 0 Å². The quantitative estimate of drug-likeness (QED) is 0.640. The van der Waals surface area contributed by atoms with Crippen LogP contribution in [0.25, 0.3) is 16.0 Å². The molecule has 0 saturated carbocycles. The number of aromatic nitrogens is 3. The van der Waals surface area contributed by atoms with Gasteiger partial charge in [-0.15, -0.1) is 0 Å². The SMILES string of the molecule is CC(c1ccc2[nH]c(=O)sc2c1)c1ccn(/C(N)=C/C=C\N)n1.[HH]. The average molecular weight is 329 g/mol. The Morgan fingerprint density at radius 2 is 2.30 bits per heavy atom. The van der Waals surface area contributed by atoms with Gasteiger partial charge >= 0.3 is 4.87 Å². The molecule has 23 heavy (non-hydrogen) atoms. The van der Waals surface area contributed by atoms with Crippen molar-refractivity contribution in [2.75, 3.05) is 0 Å². The molecule has 1 atom stereocenters. The van der Waals surface area contributed by atoms with E-state index in [1.54, 1.807) is 16.8 Å². The summed E-state index contributed by atoms with van der Waals surface area (Å²) in [5, 5.41) is 4.51. The van der Waals surface area contributed by atoms with E-state index in [1.807, 2.05) is 30.5 Å². The molecule has 1 unspecified atom stereocenters. The molecule has 7 heteroatoms. The number of hydrogen-bond acceptors (Lipinski definition) is 5. The maximum absolute atomic E-state index is 11.4. The van der Waals surface area contributed by atoms with Crippen LogP contribution in [0.15, 0.2) is 53.6 Å². The first-order valence-electron chi connectivity index (χ1n) is 7.11. The van der Waals surface area contributed by atoms with Gasteiger partial charge in [0.1, 0.15) is 5.82 Å². The van der Waals surface area contributed by atoms with Crippen LogP contribution in [0.1, 0.15) is 25.5 Å². The van der Waals surface area contributed by atoms with Gasteiger partial charge in [-0.25, -0.2) is 4.68 Å². The summed E-state index contributed by atoms with van der Waals surface area (Å²) < 4.78 is 2.56. The highest BCUT2D eigenvalue weighted by atomic mass is 32.1. The van der Waals surface area contributed by atoms with Crippen LogP contribution < -0.4 is 16.3 Å². The van der Waals surface area contributed by atoms with Crippen molar-refractivity contribution < 1.29 is 1.43 Å². The minimum absolute atomic E-state index is 0. The Balaban J connectivity index is 0.00000208. The number of benzene rings is 1. The Morgan fingerprint density at radius 1 is 1.48 bits per heavy atom. The molecule has 0 saturated heterocycles. The Morgan fingerprint density at radius 3 is 3.09 bits per heavy atom. The summed E-state index contributed by atoms with van der Waals surface area (Å²) in [5.74, 6) is 0.583. The van der Waals surface area contributed by atoms with Crippen molar-refractivity contribution in [2.24, 2.45) is 11.5 Å². The highest BCUT2D eigenvalue weighted by molar-refractivity contribution is 7.16. The van der Waals surface area contributed by atoms with Gasteiger partial charge in [-0.3, -0.25) is 4.79 Å². The number of fused-ring (bicyclic) bond motifs is 1. The third-order valence-electron chi connectivity index (χ3n) is 3.64. The fraction of sp³-hybridized carbons (Fsp3) is 0.125. The second-order valence-corrected chi connectivity index (χ2v) is 6.17. The summed E-state index contributed by atoms with van der Waals surface area (Å²) in [6.07, 6.45) is 6.57. The third-order valence-corrected chi connectivity index (χ3v) is 4.49. The molecule has 0 aliphatic heterocycles. The molecule has 0 bridgehead atoms. The first kappa shape index (κ1) is 15.1. The zero-order chi connectivity index (χ0) is 16.4. The van der Waals surface area contributed by atoms with Gasteiger partial charge in [0.2, 0.25) is 0 Å². The maximum atomic E-state index is 11.4. The van der Waals surface area contributed by atoms with Crippen LogP contribution in [0.5, 0.6) is 0 Å². The van der Waals surface area contributed by atoms with E-state index >= 15 is 0 Å². The molecule has 2 heterocycles. The van der Waals surface area contributed by atoms with E-state index in [0.29, 0.717) is 5.82 Å². The highest BCUT2D eigenvalue weighted by Crippen LogP contribution is 2.26. The van der Waals surface area contributed by atoms with E-state index in [1.165, 1.54) is 17.5 Å². The van der Waals surface area contributed by atoms with Gasteiger partial charge in [0, 0.05) is 13.5 Å². The summed E-state index contributed by atoms with van der Waals surface area (Å²) >= 11 is 1.21. The molecule has 0 spiro atoms. The predicted molar refractivity (Wildman–Crippen MR) is 96.1 cm³/mol. The molecule has 3 rings (SSSR count). The fourth-order valence-corrected chi connectivity index (χ4v) is 3.13. The van der Waals surface area contributed by atoms with Crippen LogP contribution in [-0.2, 0) is 0 Å². The monoisotopic (exact) mass is 329 g/mol. The van der Waals surface area contributed by atoms with Crippen molar-refractivity contribution >= 4 is 27.4 Å². The molecule has 0 amide bonds. The molecule has 0 fully saturated rings. The first-order chi connectivity index (χ1) is 11.1. The minimum atomic E-state index is -0.0417. The topological polar surface area (TPSA) is 103 Å². The Hall–Kier alpha value is -2.80. The second-order valence-electron chi connectivity index (χ2n) is 5.15. The normalized spacial score (nSPS) is 13.9. The zero-order valence-electron chi connectivity index (χ0n) is 12.6. The lowest BCUT2D eigenvalue weighted by Crippen LogP contribution is -2.08. The Labute approximate surface area is 138 Å². The summed E-state index contributed by atoms with van der Waals surface area (Å²) in [6.45, 7) is 2.07. The van der Waals surface area contributed by atoms with Crippen LogP contribution in [0.2, 0.25) is 0 Å². The van der Waals surface area contributed by atoms with Crippen molar-refractivity contribution in [3.63, 3.8) is 0 Å². The van der Waals surface area contributed by atoms with Crippen LogP contribution in [-0.4, -0.2) is 14.8 Å². The van der Waals surface area contributed by atoms with Crippen molar-refractivity contribution in [1.82, 2.24) is 14.8 Å². The summed E-state index contributed by atoms with van der Waals surface area (Å²) in [7, 11) is 0. The highest BCUT2D eigenvalue weighted by Gasteiger charge is 2.13. The maximum Gasteiger partial charge on any atom is 0.305 e. The number of rotatable bonds is 4. The molecule has 1 aromatic carbocycles. The molecule has 6 nitrogen and oxygen atoms in total. The van der Waals surface area contributed by atoms with Crippen LogP contribution in [0.3, 0.4) is 0 Å². The molecular formula is C16H19N5OS. The number of nitrogens with two attached hydrogens (primary N) is 2. The number of hydrogen-bond donors (Lipinski definition) is 3. The predicted octanol–water partition coefficient (Wildman–Crippen LogP) is 2.41. The number of thiazole rings is 1. The van der Waals surface area contributed by atoms with Gasteiger partial charge in [0.15, 0.2) is 0 Å². The lowest BCUT2D eigenvalue weighted by molar-refractivity contribution is 0.799. The number of nitrogens with one attached hydrogen (secondary N) is 1. The molecule has 0 aliphatic carbocycles. The number of aromatic amines is 1. The second kappa shape index (κ2) is 6.13. The lowest BCUT2D eigenvalue weighted by atomic mass is 9.98. The van der Waals surface area contributed by atoms with Crippen molar-refractivity contribution in [1.29, 1.82) is 0 Å². The third kappa shape index (κ3) is 3.04. The lowest BCUT2D eigenvalue weighted by Gasteiger charge is -2.09. The van der Waals surface area contributed by atoms with E-state index in [-0.39, 0.29) is 12.2 Å². The summed E-state index contributed by atoms with van der Waals surface area (Å²) in [4.78, 5) is 14.2. The van der Waals surface area contributed by atoms with Gasteiger partial charge in [-0.2, -0.15) is 5.10 Å². The van der Waals surface area contributed by atoms with Gasteiger partial charge in [-0.1, -0.05) is 24.3 Å². The van der Waals surface area contributed by atoms with E-state index < -0.39 is 0 Å². The van der Waals surface area contributed by atoms with E-state index in [4.69, 9.17) is 11.5 Å². The molecule has 5 N–H and O–H groups in total. The Kier molecular flexibility index (Phi) is 4.03. The van der Waals surface area contributed by atoms with E-state index in [9.17, 15) is 4.79 Å². The van der Waals surface area contributed by atoms with E-state index in [0.717, 1.165) is 21.5 Å². The van der Waals surface area contributed by atoms with Crippen molar-refractivity contribution in [3.05, 3.63) is 69.7 Å². The Bertz CT molecular complexity index is 953. The van der Waals surface area contributed by atoms with Crippen molar-refractivity contribution in [2.45, 2.75) is 12.8 Å². The summed E-state index contributed by atoms with van der Waals surface area (Å²) in [6, 6.07) is 7.89. The summed E-state index contributed by atoms with van der Waals surface area (Å²) in [5.41, 5.74) is 14.1. The van der Waals surface area contributed by atoms with Crippen molar-refractivity contribution in [3.8, 4) is 0 Å². The number of allylic oxidation sites excluding steroid dienone is 2. The zero-order valence-corrected chi connectivity index (χ0v) is 13.4. The molecule has 0 aliphatic rings. The number of nitrogens with zero attached hydrogens (tertiary/aromatic N) is 2. The van der Waals surface area contributed by atoms with Gasteiger partial charge in [-0.05, 0) is 42.1 Å². The largest absolute Gasteiger partial charge is 0.405 e. The molecule has 0 radical (unpaired) electrons. The van der Waals surface area contributed by atoms with Gasteiger partial charge in [0.05, 0.1) is 15.9 Å². The van der Waals surface area contributed by atoms with Gasteiger partial charge < -0.3 is 16.5 Å². The van der Waals surface area contributed by atoms with Crippen LogP contribution in [0.4, 0.5) is 0 Å². The minimum Gasteiger partial charge on any atom is -0.405 e. The standard InChI is InChI=1S/C16H17N5OS.H2/c1-10(11-4-5-13-14(9-11)23-16(22)19-13)12-6-8-21(20-12)15(18)3-2-7-17;/h2-10H,17-18H2,1H3,(H,19,22);1H/b7-2-,15-3+;. The molecule has 120 valence electrons. The fourth-order valence-electron chi connectivity index (χ4n) is 2.35. The smallest absolute Gasteiger partial charge is 0.305 e. The first-order valence-corrected chi connectivity index (χ1v) is 7.93.